The Morgan fingerprint density at radius 1 is 0.973 bits per heavy atom. The van der Waals surface area contributed by atoms with E-state index < -0.39 is 0 Å². The maximum atomic E-state index is 13.6. The molecular weight excluding hydrogens is 467 g/mol. The van der Waals surface area contributed by atoms with Gasteiger partial charge in [0.05, 0.1) is 11.3 Å². The van der Waals surface area contributed by atoms with Crippen molar-refractivity contribution in [2.75, 3.05) is 18.4 Å². The monoisotopic (exact) mass is 496 g/mol. The summed E-state index contributed by atoms with van der Waals surface area (Å²) < 4.78 is 15.1. The average molecular weight is 497 g/mol. The minimum atomic E-state index is -0.322. The zero-order valence-corrected chi connectivity index (χ0v) is 20.7. The van der Waals surface area contributed by atoms with Crippen molar-refractivity contribution in [2.24, 2.45) is 5.92 Å². The van der Waals surface area contributed by atoms with Crippen LogP contribution in [0.2, 0.25) is 0 Å². The first kappa shape index (κ1) is 24.4. The summed E-state index contributed by atoms with van der Waals surface area (Å²) >= 11 is 0. The van der Waals surface area contributed by atoms with Crippen molar-refractivity contribution in [3.63, 3.8) is 0 Å². The Bertz CT molecular complexity index is 1390. The number of para-hydroxylation sites is 1. The molecule has 0 radical (unpaired) electrons. The molecule has 0 atom stereocenters. The minimum Gasteiger partial charge on any atom is -0.339 e. The predicted molar refractivity (Wildman–Crippen MR) is 142 cm³/mol. The van der Waals surface area contributed by atoms with E-state index in [-0.39, 0.29) is 23.5 Å². The fourth-order valence-electron chi connectivity index (χ4n) is 4.79. The Morgan fingerprint density at radius 3 is 2.32 bits per heavy atom. The largest absolute Gasteiger partial charge is 0.339 e. The summed E-state index contributed by atoms with van der Waals surface area (Å²) in [6, 6.07) is 23.8. The van der Waals surface area contributed by atoms with Crippen LogP contribution in [-0.4, -0.2) is 39.6 Å². The van der Waals surface area contributed by atoms with Crippen molar-refractivity contribution in [1.82, 2.24) is 14.7 Å². The molecule has 4 aromatic rings. The van der Waals surface area contributed by atoms with Crippen molar-refractivity contribution in [3.05, 3.63) is 102 Å². The molecular formula is C30H29FN4O2. The lowest BCUT2D eigenvalue weighted by Crippen LogP contribution is -2.39. The second-order valence-electron chi connectivity index (χ2n) is 9.48. The summed E-state index contributed by atoms with van der Waals surface area (Å²) in [5.41, 5.74) is 4.33. The fraction of sp³-hybridized carbons (Fsp3) is 0.233. The van der Waals surface area contributed by atoms with Gasteiger partial charge in [-0.05, 0) is 61.6 Å². The van der Waals surface area contributed by atoms with Gasteiger partial charge in [0, 0.05) is 37.0 Å². The third-order valence-corrected chi connectivity index (χ3v) is 6.85. The molecule has 6 nitrogen and oxygen atoms in total. The number of piperidine rings is 1. The van der Waals surface area contributed by atoms with Crippen molar-refractivity contribution in [1.29, 1.82) is 0 Å². The zero-order valence-electron chi connectivity index (χ0n) is 20.7. The third-order valence-electron chi connectivity index (χ3n) is 6.85. The van der Waals surface area contributed by atoms with Gasteiger partial charge < -0.3 is 10.2 Å². The molecule has 2 heterocycles. The number of nitrogens with one attached hydrogen (secondary N) is 1. The Balaban J connectivity index is 1.26. The highest BCUT2D eigenvalue weighted by Crippen LogP contribution is 2.28. The Labute approximate surface area is 215 Å². The lowest BCUT2D eigenvalue weighted by atomic mass is 9.92. The van der Waals surface area contributed by atoms with Crippen LogP contribution in [0.5, 0.6) is 0 Å². The van der Waals surface area contributed by atoms with Crippen molar-refractivity contribution < 1.29 is 14.0 Å². The molecule has 1 aromatic heterocycles. The number of nitrogens with zero attached hydrogens (tertiary/aromatic N) is 3. The van der Waals surface area contributed by atoms with Crippen LogP contribution in [0.1, 0.15) is 35.2 Å². The van der Waals surface area contributed by atoms with E-state index in [9.17, 15) is 14.0 Å². The Morgan fingerprint density at radius 2 is 1.65 bits per heavy atom. The highest BCUT2D eigenvalue weighted by atomic mass is 19.1. The molecule has 1 aliphatic heterocycles. The summed E-state index contributed by atoms with van der Waals surface area (Å²) in [4.78, 5) is 28.1. The van der Waals surface area contributed by atoms with E-state index in [4.69, 9.17) is 5.10 Å². The third kappa shape index (κ3) is 5.61. The van der Waals surface area contributed by atoms with Crippen molar-refractivity contribution in [2.45, 2.75) is 26.2 Å². The molecule has 2 amide bonds. The Hall–Kier alpha value is -4.26. The number of rotatable bonds is 6. The molecule has 1 aliphatic rings. The number of amides is 2. The second-order valence-corrected chi connectivity index (χ2v) is 9.48. The summed E-state index contributed by atoms with van der Waals surface area (Å²) in [6.45, 7) is 2.93. The van der Waals surface area contributed by atoms with Crippen LogP contribution < -0.4 is 5.32 Å². The van der Waals surface area contributed by atoms with E-state index in [0.717, 1.165) is 24.1 Å². The highest BCUT2D eigenvalue weighted by Gasteiger charge is 2.28. The van der Waals surface area contributed by atoms with Crippen molar-refractivity contribution in [3.8, 4) is 16.9 Å². The van der Waals surface area contributed by atoms with Crippen LogP contribution >= 0.6 is 0 Å². The van der Waals surface area contributed by atoms with Gasteiger partial charge in [0.15, 0.2) is 0 Å². The maximum absolute atomic E-state index is 13.6. The number of carbonyl (C=O) groups is 2. The molecule has 188 valence electrons. The molecule has 1 saturated heterocycles. The molecule has 0 bridgehead atoms. The number of anilines is 1. The van der Waals surface area contributed by atoms with Gasteiger partial charge >= 0.3 is 0 Å². The number of halogens is 1. The fourth-order valence-corrected chi connectivity index (χ4v) is 4.79. The van der Waals surface area contributed by atoms with Crippen LogP contribution in [-0.2, 0) is 4.79 Å². The standard InChI is InChI=1S/C30H29FN4O2/c1-21-18-24(31)12-13-27(21)32-28(36)19-22-14-16-34(17-15-22)30(37)26-20-35(25-10-6-3-7-11-25)33-29(26)23-8-4-2-5-9-23/h2-13,18,20,22H,14-17,19H2,1H3,(H,32,36). The highest BCUT2D eigenvalue weighted by molar-refractivity contribution is 6.00. The summed E-state index contributed by atoms with van der Waals surface area (Å²) in [5, 5.41) is 7.66. The molecule has 0 aliphatic carbocycles. The lowest BCUT2D eigenvalue weighted by molar-refractivity contribution is -0.117. The number of hydrogen-bond acceptors (Lipinski definition) is 3. The number of aromatic nitrogens is 2. The topological polar surface area (TPSA) is 67.2 Å². The number of likely N-dealkylation sites (tertiary alicyclic amines) is 1. The quantitative estimate of drug-likeness (QED) is 0.363. The average Bonchev–Trinajstić information content (AvgIpc) is 3.37. The van der Waals surface area contributed by atoms with Gasteiger partial charge in [-0.15, -0.1) is 0 Å². The number of hydrogen-bond donors (Lipinski definition) is 1. The molecule has 0 spiro atoms. The molecule has 1 fully saturated rings. The van der Waals surface area contributed by atoms with E-state index in [1.54, 1.807) is 17.7 Å². The van der Waals surface area contributed by atoms with Gasteiger partial charge in [0.2, 0.25) is 5.91 Å². The molecule has 5 rings (SSSR count). The zero-order chi connectivity index (χ0) is 25.8. The predicted octanol–water partition coefficient (Wildman–Crippen LogP) is 5.87. The van der Waals surface area contributed by atoms with E-state index in [1.165, 1.54) is 12.1 Å². The first-order valence-corrected chi connectivity index (χ1v) is 12.5. The summed E-state index contributed by atoms with van der Waals surface area (Å²) in [5.74, 6) is -0.274. The number of aryl methyl sites for hydroxylation is 1. The van der Waals surface area contributed by atoms with E-state index in [0.29, 0.717) is 42.0 Å². The van der Waals surface area contributed by atoms with Crippen LogP contribution in [0.3, 0.4) is 0 Å². The van der Waals surface area contributed by atoms with Gasteiger partial charge in [-0.2, -0.15) is 5.10 Å². The van der Waals surface area contributed by atoms with Crippen LogP contribution in [0.15, 0.2) is 85.1 Å². The van der Waals surface area contributed by atoms with Gasteiger partial charge in [-0.25, -0.2) is 9.07 Å². The first-order valence-electron chi connectivity index (χ1n) is 12.5. The SMILES string of the molecule is Cc1cc(F)ccc1NC(=O)CC1CCN(C(=O)c2cn(-c3ccccc3)nc2-c2ccccc2)CC1. The maximum Gasteiger partial charge on any atom is 0.257 e. The molecule has 7 heteroatoms. The van der Waals surface area contributed by atoms with Gasteiger partial charge in [-0.3, -0.25) is 9.59 Å². The smallest absolute Gasteiger partial charge is 0.257 e. The number of carbonyl (C=O) groups excluding carboxylic acids is 2. The van der Waals surface area contributed by atoms with Gasteiger partial charge in [-0.1, -0.05) is 48.5 Å². The summed E-state index contributed by atoms with van der Waals surface area (Å²) in [7, 11) is 0. The molecule has 1 N–H and O–H groups in total. The van der Waals surface area contributed by atoms with Crippen LogP contribution in [0, 0.1) is 18.7 Å². The van der Waals surface area contributed by atoms with Crippen molar-refractivity contribution >= 4 is 17.5 Å². The molecule has 0 saturated carbocycles. The van der Waals surface area contributed by atoms with Gasteiger partial charge in [0.1, 0.15) is 11.5 Å². The second kappa shape index (κ2) is 10.8. The normalized spacial score (nSPS) is 13.9. The van der Waals surface area contributed by atoms with Gasteiger partial charge in [0.25, 0.3) is 5.91 Å². The van der Waals surface area contributed by atoms with E-state index >= 15 is 0 Å². The lowest BCUT2D eigenvalue weighted by Gasteiger charge is -2.31. The minimum absolute atomic E-state index is 0.0501. The molecule has 0 unspecified atom stereocenters. The summed E-state index contributed by atoms with van der Waals surface area (Å²) in [6.07, 6.45) is 3.68. The van der Waals surface area contributed by atoms with Crippen LogP contribution in [0.4, 0.5) is 10.1 Å². The first-order chi connectivity index (χ1) is 18.0. The molecule has 3 aromatic carbocycles. The Kier molecular flexibility index (Phi) is 7.12. The van der Waals surface area contributed by atoms with Crippen LogP contribution in [0.25, 0.3) is 16.9 Å². The molecule has 37 heavy (non-hydrogen) atoms. The number of benzene rings is 3. The van der Waals surface area contributed by atoms with E-state index in [1.807, 2.05) is 71.8 Å². The van der Waals surface area contributed by atoms with E-state index in [2.05, 4.69) is 5.32 Å².